The summed E-state index contributed by atoms with van der Waals surface area (Å²) in [6, 6.07) is 2.79. The molecule has 0 radical (unpaired) electrons. The van der Waals surface area contributed by atoms with Crippen molar-refractivity contribution < 1.29 is 13.9 Å². The Balaban J connectivity index is 3.26. The highest BCUT2D eigenvalue weighted by Gasteiger charge is 2.13. The molecule has 1 aromatic carbocycles. The summed E-state index contributed by atoms with van der Waals surface area (Å²) in [4.78, 5) is 11.1. The van der Waals surface area contributed by atoms with Gasteiger partial charge in [0.15, 0.2) is 0 Å². The number of nitrogen functional groups attached to an aromatic ring is 1. The minimum absolute atomic E-state index is 0.0325. The molecule has 0 aromatic heterocycles. The van der Waals surface area contributed by atoms with Crippen LogP contribution in [0, 0.1) is 12.7 Å². The molecule has 1 rings (SSSR count). The van der Waals surface area contributed by atoms with E-state index in [-0.39, 0.29) is 16.8 Å². The largest absolute Gasteiger partial charge is 0.465 e. The van der Waals surface area contributed by atoms with Crippen LogP contribution in [0.1, 0.15) is 15.9 Å². The van der Waals surface area contributed by atoms with Gasteiger partial charge in [-0.2, -0.15) is 0 Å². The lowest BCUT2D eigenvalue weighted by atomic mass is 10.1. The van der Waals surface area contributed by atoms with Crippen LogP contribution in [-0.2, 0) is 4.74 Å². The number of carbonyl (C=O) groups is 1. The maximum absolute atomic E-state index is 13.2. The summed E-state index contributed by atoms with van der Waals surface area (Å²) >= 11 is 0. The molecular formula is C9H10FNO2. The Morgan fingerprint density at radius 1 is 1.54 bits per heavy atom. The van der Waals surface area contributed by atoms with E-state index in [1.165, 1.54) is 26.2 Å². The van der Waals surface area contributed by atoms with Crippen molar-refractivity contribution in [2.24, 2.45) is 0 Å². The zero-order valence-electron chi connectivity index (χ0n) is 7.43. The third-order valence-electron chi connectivity index (χ3n) is 1.82. The van der Waals surface area contributed by atoms with Crippen LogP contribution >= 0.6 is 0 Å². The first kappa shape index (κ1) is 9.51. The summed E-state index contributed by atoms with van der Waals surface area (Å²) in [5.41, 5.74) is 5.75. The normalized spacial score (nSPS) is 9.77. The standard InChI is InChI=1S/C9H10FNO2/c1-5-6(9(12)13-2)3-4-7(11)8(5)10/h3-4H,11H2,1-2H3. The van der Waals surface area contributed by atoms with E-state index in [1.54, 1.807) is 0 Å². The SMILES string of the molecule is COC(=O)c1ccc(N)c(F)c1C. The maximum atomic E-state index is 13.2. The molecule has 0 fully saturated rings. The lowest BCUT2D eigenvalue weighted by Crippen LogP contribution is -2.06. The molecule has 0 aliphatic heterocycles. The molecule has 0 aliphatic carbocycles. The van der Waals surface area contributed by atoms with Gasteiger partial charge < -0.3 is 10.5 Å². The van der Waals surface area contributed by atoms with Crippen LogP contribution in [0.2, 0.25) is 0 Å². The second-order valence-electron chi connectivity index (χ2n) is 2.63. The summed E-state index contributed by atoms with van der Waals surface area (Å²) < 4.78 is 17.6. The van der Waals surface area contributed by atoms with Crippen molar-refractivity contribution in [2.75, 3.05) is 12.8 Å². The second-order valence-corrected chi connectivity index (χ2v) is 2.63. The van der Waals surface area contributed by atoms with Gasteiger partial charge in [-0.3, -0.25) is 0 Å². The maximum Gasteiger partial charge on any atom is 0.338 e. The highest BCUT2D eigenvalue weighted by Crippen LogP contribution is 2.18. The summed E-state index contributed by atoms with van der Waals surface area (Å²) in [7, 11) is 1.25. The van der Waals surface area contributed by atoms with Gasteiger partial charge in [-0.05, 0) is 19.1 Å². The Morgan fingerprint density at radius 3 is 2.69 bits per heavy atom. The molecule has 4 heteroatoms. The molecule has 0 spiro atoms. The monoisotopic (exact) mass is 183 g/mol. The van der Waals surface area contributed by atoms with Crippen molar-refractivity contribution in [2.45, 2.75) is 6.92 Å². The van der Waals surface area contributed by atoms with Crippen LogP contribution in [0.15, 0.2) is 12.1 Å². The zero-order valence-corrected chi connectivity index (χ0v) is 7.43. The molecule has 0 amide bonds. The number of methoxy groups -OCH3 is 1. The van der Waals surface area contributed by atoms with Gasteiger partial charge in [-0.25, -0.2) is 9.18 Å². The number of nitrogens with two attached hydrogens (primary N) is 1. The summed E-state index contributed by atoms with van der Waals surface area (Å²) in [5, 5.41) is 0. The van der Waals surface area contributed by atoms with Gasteiger partial charge in [0.1, 0.15) is 5.82 Å². The average molecular weight is 183 g/mol. The van der Waals surface area contributed by atoms with E-state index in [0.29, 0.717) is 0 Å². The molecule has 70 valence electrons. The number of carbonyl (C=O) groups excluding carboxylic acids is 1. The van der Waals surface area contributed by atoms with Crippen molar-refractivity contribution >= 4 is 11.7 Å². The lowest BCUT2D eigenvalue weighted by Gasteiger charge is -2.05. The number of rotatable bonds is 1. The molecule has 2 N–H and O–H groups in total. The van der Waals surface area contributed by atoms with E-state index in [4.69, 9.17) is 5.73 Å². The quantitative estimate of drug-likeness (QED) is 0.530. The summed E-state index contributed by atoms with van der Waals surface area (Å²) in [6.45, 7) is 1.48. The number of halogens is 1. The van der Waals surface area contributed by atoms with Crippen LogP contribution < -0.4 is 5.73 Å². The Bertz CT molecular complexity index is 350. The number of benzene rings is 1. The Kier molecular flexibility index (Phi) is 2.51. The van der Waals surface area contributed by atoms with Gasteiger partial charge in [0.2, 0.25) is 0 Å². The number of anilines is 1. The highest BCUT2D eigenvalue weighted by atomic mass is 19.1. The predicted octanol–water partition coefficient (Wildman–Crippen LogP) is 1.50. The van der Waals surface area contributed by atoms with Crippen molar-refractivity contribution in [3.8, 4) is 0 Å². The first-order valence-corrected chi connectivity index (χ1v) is 3.70. The van der Waals surface area contributed by atoms with Crippen LogP contribution in [0.25, 0.3) is 0 Å². The molecule has 0 saturated carbocycles. The van der Waals surface area contributed by atoms with Crippen molar-refractivity contribution in [1.82, 2.24) is 0 Å². The molecule has 0 heterocycles. The Labute approximate surface area is 75.3 Å². The molecule has 1 aromatic rings. The predicted molar refractivity (Wildman–Crippen MR) is 46.9 cm³/mol. The van der Waals surface area contributed by atoms with E-state index in [9.17, 15) is 9.18 Å². The fourth-order valence-corrected chi connectivity index (χ4v) is 1.04. The minimum atomic E-state index is -0.567. The third-order valence-corrected chi connectivity index (χ3v) is 1.82. The van der Waals surface area contributed by atoms with Crippen molar-refractivity contribution in [3.05, 3.63) is 29.1 Å². The van der Waals surface area contributed by atoms with Gasteiger partial charge in [-0.1, -0.05) is 0 Å². The van der Waals surface area contributed by atoms with Crippen LogP contribution in [0.5, 0.6) is 0 Å². The summed E-state index contributed by atoms with van der Waals surface area (Å²) in [6.07, 6.45) is 0. The molecule has 0 saturated heterocycles. The van der Waals surface area contributed by atoms with Crippen LogP contribution in [0.4, 0.5) is 10.1 Å². The second kappa shape index (κ2) is 3.43. The molecule has 0 bridgehead atoms. The summed E-state index contributed by atoms with van der Waals surface area (Å²) in [5.74, 6) is -1.13. The molecule has 0 atom stereocenters. The van der Waals surface area contributed by atoms with Crippen molar-refractivity contribution in [1.29, 1.82) is 0 Å². The topological polar surface area (TPSA) is 52.3 Å². The third kappa shape index (κ3) is 1.61. The van der Waals surface area contributed by atoms with Crippen LogP contribution in [0.3, 0.4) is 0 Å². The molecule has 0 unspecified atom stereocenters. The number of ether oxygens (including phenoxy) is 1. The first-order valence-electron chi connectivity index (χ1n) is 3.70. The average Bonchev–Trinajstić information content (AvgIpc) is 2.13. The fourth-order valence-electron chi connectivity index (χ4n) is 1.04. The molecule has 3 nitrogen and oxygen atoms in total. The number of esters is 1. The van der Waals surface area contributed by atoms with E-state index in [1.807, 2.05) is 0 Å². The molecular weight excluding hydrogens is 173 g/mol. The first-order chi connectivity index (χ1) is 6.07. The highest BCUT2D eigenvalue weighted by molar-refractivity contribution is 5.91. The minimum Gasteiger partial charge on any atom is -0.465 e. The van der Waals surface area contributed by atoms with Crippen LogP contribution in [-0.4, -0.2) is 13.1 Å². The van der Waals surface area contributed by atoms with E-state index < -0.39 is 11.8 Å². The lowest BCUT2D eigenvalue weighted by molar-refractivity contribution is 0.0599. The molecule has 0 aliphatic rings. The van der Waals surface area contributed by atoms with E-state index in [2.05, 4.69) is 4.74 Å². The number of hydrogen-bond acceptors (Lipinski definition) is 3. The Hall–Kier alpha value is -1.58. The smallest absolute Gasteiger partial charge is 0.338 e. The Morgan fingerprint density at radius 2 is 2.15 bits per heavy atom. The van der Waals surface area contributed by atoms with Gasteiger partial charge in [-0.15, -0.1) is 0 Å². The fraction of sp³-hybridized carbons (Fsp3) is 0.222. The van der Waals surface area contributed by atoms with E-state index >= 15 is 0 Å². The van der Waals surface area contributed by atoms with Gasteiger partial charge in [0.05, 0.1) is 18.4 Å². The zero-order chi connectivity index (χ0) is 10.0. The van der Waals surface area contributed by atoms with Gasteiger partial charge >= 0.3 is 5.97 Å². The van der Waals surface area contributed by atoms with E-state index in [0.717, 1.165) is 0 Å². The van der Waals surface area contributed by atoms with Gasteiger partial charge in [0.25, 0.3) is 0 Å². The van der Waals surface area contributed by atoms with Crippen molar-refractivity contribution in [3.63, 3.8) is 0 Å². The van der Waals surface area contributed by atoms with Gasteiger partial charge in [0, 0.05) is 5.56 Å². The number of hydrogen-bond donors (Lipinski definition) is 1. The molecule has 13 heavy (non-hydrogen) atoms.